The summed E-state index contributed by atoms with van der Waals surface area (Å²) in [4.78, 5) is 23.8. The number of amides is 1. The summed E-state index contributed by atoms with van der Waals surface area (Å²) in [5.41, 5.74) is 2.47. The number of carbonyl (C=O) groups is 2. The van der Waals surface area contributed by atoms with Gasteiger partial charge in [0.1, 0.15) is 12.4 Å². The molecule has 1 aliphatic rings. The molecule has 0 bridgehead atoms. The number of benzene rings is 2. The number of rotatable bonds is 7. The molecule has 0 aliphatic heterocycles. The van der Waals surface area contributed by atoms with Gasteiger partial charge in [-0.1, -0.05) is 12.1 Å². The molecule has 0 saturated carbocycles. The standard InChI is InChI=1S/C23H23FN2O5/c1-30-20-4-2-3-5-21(20)31-13-22(27)25-15-7-9-19-17(11-15)16-10-14(24)6-8-18(16)26(19)12-23(28)29/h2-6,8,10,15H,7,9,11-13H2,1H3,(H,25,27)(H,28,29)/t15-/m0/s1. The van der Waals surface area contributed by atoms with Crippen molar-refractivity contribution in [3.8, 4) is 11.5 Å². The highest BCUT2D eigenvalue weighted by molar-refractivity contribution is 5.87. The molecule has 1 aromatic heterocycles. The van der Waals surface area contributed by atoms with Crippen LogP contribution >= 0.6 is 0 Å². The Balaban J connectivity index is 1.48. The molecule has 8 heteroatoms. The number of nitrogens with one attached hydrogen (secondary N) is 1. The van der Waals surface area contributed by atoms with Crippen molar-refractivity contribution in [2.75, 3.05) is 13.7 Å². The van der Waals surface area contributed by atoms with Crippen LogP contribution in [0.3, 0.4) is 0 Å². The molecule has 1 aliphatic carbocycles. The fourth-order valence-electron chi connectivity index (χ4n) is 4.21. The van der Waals surface area contributed by atoms with Crippen LogP contribution in [0, 0.1) is 5.82 Å². The average molecular weight is 426 g/mol. The van der Waals surface area contributed by atoms with Crippen LogP contribution in [0.5, 0.6) is 11.5 Å². The average Bonchev–Trinajstić information content (AvgIpc) is 3.04. The van der Waals surface area contributed by atoms with Crippen molar-refractivity contribution in [1.82, 2.24) is 9.88 Å². The van der Waals surface area contributed by atoms with E-state index in [9.17, 15) is 19.1 Å². The van der Waals surface area contributed by atoms with Gasteiger partial charge in [0.2, 0.25) is 0 Å². The number of hydrogen-bond acceptors (Lipinski definition) is 4. The minimum absolute atomic E-state index is 0.145. The number of nitrogens with zero attached hydrogens (tertiary/aromatic N) is 1. The Morgan fingerprint density at radius 1 is 1.23 bits per heavy atom. The fourth-order valence-corrected chi connectivity index (χ4v) is 4.21. The molecule has 7 nitrogen and oxygen atoms in total. The lowest BCUT2D eigenvalue weighted by Crippen LogP contribution is -2.41. The van der Waals surface area contributed by atoms with E-state index in [-0.39, 0.29) is 30.9 Å². The van der Waals surface area contributed by atoms with Crippen LogP contribution in [0.1, 0.15) is 17.7 Å². The van der Waals surface area contributed by atoms with Crippen molar-refractivity contribution in [2.45, 2.75) is 31.8 Å². The van der Waals surface area contributed by atoms with E-state index in [0.29, 0.717) is 41.7 Å². The first-order chi connectivity index (χ1) is 15.0. The molecule has 4 rings (SSSR count). The van der Waals surface area contributed by atoms with Gasteiger partial charge in [-0.05, 0) is 55.2 Å². The smallest absolute Gasteiger partial charge is 0.323 e. The molecule has 0 spiro atoms. The Labute approximate surface area is 178 Å². The number of carboxylic acid groups (broad SMARTS) is 1. The van der Waals surface area contributed by atoms with Crippen molar-refractivity contribution in [2.24, 2.45) is 0 Å². The quantitative estimate of drug-likeness (QED) is 0.606. The van der Waals surface area contributed by atoms with Gasteiger partial charge in [0.05, 0.1) is 7.11 Å². The van der Waals surface area contributed by atoms with Crippen LogP contribution in [0.2, 0.25) is 0 Å². The van der Waals surface area contributed by atoms with Crippen molar-refractivity contribution >= 4 is 22.8 Å². The van der Waals surface area contributed by atoms with E-state index >= 15 is 0 Å². The number of aliphatic carboxylic acids is 1. The lowest BCUT2D eigenvalue weighted by molar-refractivity contribution is -0.137. The summed E-state index contributed by atoms with van der Waals surface area (Å²) < 4.78 is 26.4. The van der Waals surface area contributed by atoms with E-state index in [1.54, 1.807) is 28.8 Å². The van der Waals surface area contributed by atoms with Crippen LogP contribution in [-0.4, -0.2) is 41.3 Å². The van der Waals surface area contributed by atoms with Crippen molar-refractivity contribution in [1.29, 1.82) is 0 Å². The zero-order valence-electron chi connectivity index (χ0n) is 17.1. The summed E-state index contributed by atoms with van der Waals surface area (Å²) in [5, 5.41) is 13.0. The Morgan fingerprint density at radius 3 is 2.74 bits per heavy atom. The van der Waals surface area contributed by atoms with E-state index in [2.05, 4.69) is 5.32 Å². The van der Waals surface area contributed by atoms with Gasteiger partial charge in [-0.3, -0.25) is 9.59 Å². The monoisotopic (exact) mass is 426 g/mol. The van der Waals surface area contributed by atoms with Crippen LogP contribution in [-0.2, 0) is 29.0 Å². The van der Waals surface area contributed by atoms with Crippen LogP contribution in [0.15, 0.2) is 42.5 Å². The van der Waals surface area contributed by atoms with Gasteiger partial charge in [-0.15, -0.1) is 0 Å². The Morgan fingerprint density at radius 2 is 2.00 bits per heavy atom. The maximum Gasteiger partial charge on any atom is 0.323 e. The third-order valence-electron chi connectivity index (χ3n) is 5.52. The third-order valence-corrected chi connectivity index (χ3v) is 5.52. The van der Waals surface area contributed by atoms with Crippen molar-refractivity contribution < 1.29 is 28.6 Å². The second kappa shape index (κ2) is 8.67. The summed E-state index contributed by atoms with van der Waals surface area (Å²) in [6, 6.07) is 11.3. The number of aromatic nitrogens is 1. The molecular formula is C23H23FN2O5. The van der Waals surface area contributed by atoms with Crippen molar-refractivity contribution in [3.63, 3.8) is 0 Å². The number of ether oxygens (including phenoxy) is 2. The Kier molecular flexibility index (Phi) is 5.79. The molecule has 31 heavy (non-hydrogen) atoms. The molecule has 162 valence electrons. The number of hydrogen-bond donors (Lipinski definition) is 2. The first-order valence-corrected chi connectivity index (χ1v) is 10.0. The predicted molar refractivity (Wildman–Crippen MR) is 112 cm³/mol. The van der Waals surface area contributed by atoms with Crippen molar-refractivity contribution in [3.05, 3.63) is 59.5 Å². The summed E-state index contributed by atoms with van der Waals surface area (Å²) in [5.74, 6) is -0.559. The number of para-hydroxylation sites is 2. The molecular weight excluding hydrogens is 403 g/mol. The lowest BCUT2D eigenvalue weighted by atomic mass is 9.91. The first kappa shape index (κ1) is 20.7. The van der Waals surface area contributed by atoms with Gasteiger partial charge in [0.15, 0.2) is 18.1 Å². The summed E-state index contributed by atoms with van der Waals surface area (Å²) >= 11 is 0. The number of methoxy groups -OCH3 is 1. The summed E-state index contributed by atoms with van der Waals surface area (Å²) in [6.07, 6.45) is 1.76. The molecule has 2 aromatic carbocycles. The minimum Gasteiger partial charge on any atom is -0.493 e. The Hall–Kier alpha value is -3.55. The molecule has 0 radical (unpaired) electrons. The molecule has 1 amide bonds. The number of carbonyl (C=O) groups excluding carboxylic acids is 1. The van der Waals surface area contributed by atoms with Gasteiger partial charge in [0.25, 0.3) is 5.91 Å². The number of carboxylic acids is 1. The molecule has 0 fully saturated rings. The minimum atomic E-state index is -0.951. The zero-order chi connectivity index (χ0) is 22.0. The van der Waals surface area contributed by atoms with Gasteiger partial charge in [-0.25, -0.2) is 4.39 Å². The molecule has 1 heterocycles. The van der Waals surface area contributed by atoms with E-state index in [0.717, 1.165) is 11.3 Å². The summed E-state index contributed by atoms with van der Waals surface area (Å²) in [7, 11) is 1.53. The number of halogens is 1. The highest BCUT2D eigenvalue weighted by Crippen LogP contribution is 2.33. The molecule has 1 atom stereocenters. The van der Waals surface area contributed by atoms with Gasteiger partial charge in [-0.2, -0.15) is 0 Å². The predicted octanol–water partition coefficient (Wildman–Crippen LogP) is 2.93. The van der Waals surface area contributed by atoms with Crippen LogP contribution < -0.4 is 14.8 Å². The second-order valence-electron chi connectivity index (χ2n) is 7.51. The summed E-state index contributed by atoms with van der Waals surface area (Å²) in [6.45, 7) is -0.333. The fraction of sp³-hybridized carbons (Fsp3) is 0.304. The molecule has 0 saturated heterocycles. The maximum absolute atomic E-state index is 13.9. The van der Waals surface area contributed by atoms with E-state index < -0.39 is 5.97 Å². The maximum atomic E-state index is 13.9. The van der Waals surface area contributed by atoms with Crippen LogP contribution in [0.25, 0.3) is 10.9 Å². The largest absolute Gasteiger partial charge is 0.493 e. The molecule has 0 unspecified atom stereocenters. The zero-order valence-corrected chi connectivity index (χ0v) is 17.1. The topological polar surface area (TPSA) is 89.8 Å². The number of fused-ring (bicyclic) bond motifs is 3. The van der Waals surface area contributed by atoms with E-state index in [1.807, 2.05) is 6.07 Å². The Bertz CT molecular complexity index is 1140. The van der Waals surface area contributed by atoms with Gasteiger partial charge < -0.3 is 24.5 Å². The van der Waals surface area contributed by atoms with Crippen LogP contribution in [0.4, 0.5) is 4.39 Å². The van der Waals surface area contributed by atoms with E-state index in [4.69, 9.17) is 9.47 Å². The SMILES string of the molecule is COc1ccccc1OCC(=O)N[C@H]1CCc2c(c3cc(F)ccc3n2CC(=O)O)C1. The lowest BCUT2D eigenvalue weighted by Gasteiger charge is -2.25. The third kappa shape index (κ3) is 4.33. The second-order valence-corrected chi connectivity index (χ2v) is 7.51. The highest BCUT2D eigenvalue weighted by atomic mass is 19.1. The highest BCUT2D eigenvalue weighted by Gasteiger charge is 2.27. The first-order valence-electron chi connectivity index (χ1n) is 10.0. The van der Waals surface area contributed by atoms with E-state index in [1.165, 1.54) is 19.2 Å². The van der Waals surface area contributed by atoms with Gasteiger partial charge in [0, 0.05) is 22.6 Å². The molecule has 2 N–H and O–H groups in total. The normalized spacial score (nSPS) is 15.4. The molecule has 3 aromatic rings. The van der Waals surface area contributed by atoms with Gasteiger partial charge >= 0.3 is 5.97 Å².